The number of rotatable bonds is 7. The highest BCUT2D eigenvalue weighted by Crippen LogP contribution is 2.53. The molecule has 0 radical (unpaired) electrons. The smallest absolute Gasteiger partial charge is 0.0465 e. The quantitative estimate of drug-likeness (QED) is 0.157. The zero-order valence-corrected chi connectivity index (χ0v) is 34.1. The molecule has 0 aromatic heterocycles. The lowest BCUT2D eigenvalue weighted by Gasteiger charge is -2.28. The molecular weight excluding hydrogens is 711 g/mol. The van der Waals surface area contributed by atoms with E-state index in [1.54, 1.807) is 11.1 Å². The number of nitrogens with zero attached hydrogens (tertiary/aromatic N) is 1. The van der Waals surface area contributed by atoms with Crippen molar-refractivity contribution in [1.82, 2.24) is 0 Å². The molecule has 1 unspecified atom stereocenters. The topological polar surface area (TPSA) is 3.24 Å². The van der Waals surface area contributed by atoms with Crippen LogP contribution in [0.15, 0.2) is 204 Å². The van der Waals surface area contributed by atoms with E-state index in [0.29, 0.717) is 5.92 Å². The first-order chi connectivity index (χ1) is 29.0. The van der Waals surface area contributed by atoms with Crippen molar-refractivity contribution in [3.05, 3.63) is 227 Å². The van der Waals surface area contributed by atoms with E-state index in [0.717, 1.165) is 43.5 Å². The number of benzene rings is 6. The first-order valence-electron chi connectivity index (χ1n) is 21.6. The first-order valence-corrected chi connectivity index (χ1v) is 21.6. The average molecular weight is 760 g/mol. The molecule has 0 spiro atoms. The third-order valence-electron chi connectivity index (χ3n) is 13.6. The number of fused-ring (bicyclic) bond motifs is 5. The minimum Gasteiger partial charge on any atom is -0.310 e. The van der Waals surface area contributed by atoms with E-state index in [4.69, 9.17) is 0 Å². The molecule has 5 aliphatic carbocycles. The lowest BCUT2D eigenvalue weighted by atomic mass is 9.79. The fourth-order valence-electron chi connectivity index (χ4n) is 10.6. The summed E-state index contributed by atoms with van der Waals surface area (Å²) in [6.07, 6.45) is 23.6. The van der Waals surface area contributed by atoms with Gasteiger partial charge in [-0.1, -0.05) is 159 Å². The molecule has 0 saturated carbocycles. The standard InChI is InChI=1S/C58H49N/c1-58(2)55-23-12-11-21-50(55)51-35-33-48(38-56(51)58)59(46-18-7-4-8-19-46)47-31-28-41(29-32-47)43-16-13-17-44(36-43)45-30-34-53-54(37-45)49-20-9-10-22-52(49)57(53)42-26-24-40(25-27-42)39-14-5-3-6-15-39/h4-5,7-9,11-21,23-24,26,28-38,57H,3,6,10,22,25,27H2,1-2H3. The Labute approximate surface area is 349 Å². The molecule has 0 amide bonds. The number of anilines is 3. The molecule has 0 fully saturated rings. The van der Waals surface area contributed by atoms with Crippen LogP contribution in [0.2, 0.25) is 0 Å². The largest absolute Gasteiger partial charge is 0.310 e. The number of para-hydroxylation sites is 1. The SMILES string of the molecule is CC1(C)c2ccccc2-c2ccc(N(c3ccccc3)c3ccc(-c4cccc(-c5ccc6c(c5)C5=C(CCC=C5)C6C5=CC=C(C6=CCCC=C6)CC5)c4)cc3)cc21. The molecule has 5 aliphatic rings. The predicted molar refractivity (Wildman–Crippen MR) is 249 cm³/mol. The Bertz CT molecular complexity index is 2830. The van der Waals surface area contributed by atoms with Gasteiger partial charge in [0.2, 0.25) is 0 Å². The molecule has 0 bridgehead atoms. The van der Waals surface area contributed by atoms with Gasteiger partial charge in [0, 0.05) is 28.4 Å². The molecule has 1 atom stereocenters. The molecule has 286 valence electrons. The summed E-state index contributed by atoms with van der Waals surface area (Å²) in [7, 11) is 0. The minimum atomic E-state index is -0.0640. The van der Waals surface area contributed by atoms with Gasteiger partial charge in [-0.25, -0.2) is 0 Å². The van der Waals surface area contributed by atoms with E-state index in [-0.39, 0.29) is 5.41 Å². The average Bonchev–Trinajstić information content (AvgIpc) is 3.75. The maximum absolute atomic E-state index is 2.47. The van der Waals surface area contributed by atoms with Gasteiger partial charge >= 0.3 is 0 Å². The van der Waals surface area contributed by atoms with Crippen LogP contribution in [-0.4, -0.2) is 0 Å². The highest BCUT2D eigenvalue weighted by atomic mass is 15.1. The summed E-state index contributed by atoms with van der Waals surface area (Å²) in [6.45, 7) is 4.71. The Morgan fingerprint density at radius 2 is 1.24 bits per heavy atom. The molecule has 0 heterocycles. The molecule has 0 saturated heterocycles. The monoisotopic (exact) mass is 759 g/mol. The van der Waals surface area contributed by atoms with Crippen molar-refractivity contribution in [2.45, 2.75) is 63.7 Å². The molecule has 1 nitrogen and oxygen atoms in total. The van der Waals surface area contributed by atoms with E-state index in [1.165, 1.54) is 84.5 Å². The summed E-state index contributed by atoms with van der Waals surface area (Å²) >= 11 is 0. The zero-order valence-electron chi connectivity index (χ0n) is 34.1. The fourth-order valence-corrected chi connectivity index (χ4v) is 10.6. The van der Waals surface area contributed by atoms with E-state index in [9.17, 15) is 0 Å². The third kappa shape index (κ3) is 6.14. The van der Waals surface area contributed by atoms with Crippen LogP contribution in [0.25, 0.3) is 39.0 Å². The summed E-state index contributed by atoms with van der Waals surface area (Å²) in [6, 6.07) is 52.2. The predicted octanol–water partition coefficient (Wildman–Crippen LogP) is 15.9. The molecule has 0 aliphatic heterocycles. The van der Waals surface area contributed by atoms with Crippen LogP contribution in [0, 0.1) is 0 Å². The minimum absolute atomic E-state index is 0.0640. The third-order valence-corrected chi connectivity index (χ3v) is 13.6. The van der Waals surface area contributed by atoms with Gasteiger partial charge in [-0.15, -0.1) is 0 Å². The van der Waals surface area contributed by atoms with Crippen LogP contribution in [0.4, 0.5) is 17.1 Å². The van der Waals surface area contributed by atoms with Crippen LogP contribution in [-0.2, 0) is 5.41 Å². The molecule has 0 N–H and O–H groups in total. The Morgan fingerprint density at radius 1 is 0.508 bits per heavy atom. The Balaban J connectivity index is 0.901. The Hall–Kier alpha value is -6.44. The zero-order chi connectivity index (χ0) is 39.5. The molecule has 1 heteroatoms. The van der Waals surface area contributed by atoms with Gasteiger partial charge in [0.1, 0.15) is 0 Å². The van der Waals surface area contributed by atoms with Crippen LogP contribution < -0.4 is 4.90 Å². The maximum atomic E-state index is 2.47. The lowest BCUT2D eigenvalue weighted by Crippen LogP contribution is -2.16. The van der Waals surface area contributed by atoms with Crippen molar-refractivity contribution in [2.75, 3.05) is 4.90 Å². The number of allylic oxidation sites excluding steroid dienone is 12. The second-order valence-corrected chi connectivity index (χ2v) is 17.4. The highest BCUT2D eigenvalue weighted by molar-refractivity contribution is 5.90. The van der Waals surface area contributed by atoms with Crippen LogP contribution in [0.1, 0.15) is 80.5 Å². The molecular formula is C58H49N. The van der Waals surface area contributed by atoms with Crippen molar-refractivity contribution < 1.29 is 0 Å². The normalized spacial score (nSPS) is 18.3. The van der Waals surface area contributed by atoms with Crippen molar-refractivity contribution in [3.8, 4) is 33.4 Å². The van der Waals surface area contributed by atoms with Gasteiger partial charge in [0.15, 0.2) is 0 Å². The van der Waals surface area contributed by atoms with Crippen molar-refractivity contribution in [1.29, 1.82) is 0 Å². The second kappa shape index (κ2) is 14.4. The molecule has 59 heavy (non-hydrogen) atoms. The maximum Gasteiger partial charge on any atom is 0.0465 e. The molecule has 6 aromatic rings. The van der Waals surface area contributed by atoms with Gasteiger partial charge < -0.3 is 4.90 Å². The summed E-state index contributed by atoms with van der Waals surface area (Å²) in [4.78, 5) is 2.39. The van der Waals surface area contributed by atoms with Gasteiger partial charge in [-0.2, -0.15) is 0 Å². The van der Waals surface area contributed by atoms with Crippen LogP contribution in [0.5, 0.6) is 0 Å². The van der Waals surface area contributed by atoms with Crippen molar-refractivity contribution >= 4 is 22.6 Å². The fraction of sp³-hybridized carbons (Fsp3) is 0.172. The van der Waals surface area contributed by atoms with Crippen LogP contribution in [0.3, 0.4) is 0 Å². The summed E-state index contributed by atoms with van der Waals surface area (Å²) in [5.41, 5.74) is 24.3. The summed E-state index contributed by atoms with van der Waals surface area (Å²) in [5.74, 6) is 0.396. The molecule has 11 rings (SSSR count). The first kappa shape index (κ1) is 35.7. The number of hydrogen-bond donors (Lipinski definition) is 0. The van der Waals surface area contributed by atoms with E-state index >= 15 is 0 Å². The summed E-state index contributed by atoms with van der Waals surface area (Å²) in [5, 5.41) is 0. The van der Waals surface area contributed by atoms with Gasteiger partial charge in [-0.05, 0) is 159 Å². The van der Waals surface area contributed by atoms with Gasteiger partial charge in [0.05, 0.1) is 0 Å². The van der Waals surface area contributed by atoms with Gasteiger partial charge in [0.25, 0.3) is 0 Å². The highest BCUT2D eigenvalue weighted by Gasteiger charge is 2.36. The number of hydrogen-bond acceptors (Lipinski definition) is 1. The van der Waals surface area contributed by atoms with Gasteiger partial charge in [-0.3, -0.25) is 0 Å². The second-order valence-electron chi connectivity index (χ2n) is 17.4. The van der Waals surface area contributed by atoms with Crippen molar-refractivity contribution in [3.63, 3.8) is 0 Å². The van der Waals surface area contributed by atoms with E-state index in [1.807, 2.05) is 0 Å². The van der Waals surface area contributed by atoms with Crippen LogP contribution >= 0.6 is 0 Å². The summed E-state index contributed by atoms with van der Waals surface area (Å²) < 4.78 is 0. The molecule has 6 aromatic carbocycles. The van der Waals surface area contributed by atoms with E-state index in [2.05, 4.69) is 201 Å². The lowest BCUT2D eigenvalue weighted by molar-refractivity contribution is 0.660. The Kier molecular flexibility index (Phi) is 8.73. The van der Waals surface area contributed by atoms with E-state index < -0.39 is 0 Å². The van der Waals surface area contributed by atoms with Crippen molar-refractivity contribution in [2.24, 2.45) is 0 Å². The Morgan fingerprint density at radius 3 is 2.05 bits per heavy atom.